The lowest BCUT2D eigenvalue weighted by atomic mass is 9.92. The first-order chi connectivity index (χ1) is 9.25. The van der Waals surface area contributed by atoms with E-state index < -0.39 is 5.54 Å². The number of rotatable bonds is 4. The van der Waals surface area contributed by atoms with Crippen LogP contribution in [-0.4, -0.2) is 48.2 Å². The largest absolute Gasteiger partial charge is 0.465 e. The number of nitrogens with zero attached hydrogens (tertiary/aromatic N) is 1. The van der Waals surface area contributed by atoms with Crippen LogP contribution in [0, 0.1) is 5.92 Å². The number of hydrogen-bond donors (Lipinski definition) is 0. The average molecular weight is 285 g/mol. The lowest BCUT2D eigenvalue weighted by Gasteiger charge is -2.39. The lowest BCUT2D eigenvalue weighted by molar-refractivity contribution is -0.156. The Morgan fingerprint density at radius 3 is 2.50 bits per heavy atom. The molecule has 0 aromatic carbocycles. The van der Waals surface area contributed by atoms with Gasteiger partial charge in [0.1, 0.15) is 6.54 Å². The Bertz CT molecular complexity index is 348. The van der Waals surface area contributed by atoms with Gasteiger partial charge in [0.15, 0.2) is 0 Å². The second-order valence-electron chi connectivity index (χ2n) is 6.30. The van der Waals surface area contributed by atoms with Crippen molar-refractivity contribution in [2.24, 2.45) is 5.92 Å². The van der Waals surface area contributed by atoms with Gasteiger partial charge in [-0.2, -0.15) is 0 Å². The molecule has 0 aliphatic carbocycles. The zero-order chi connectivity index (χ0) is 15.3. The summed E-state index contributed by atoms with van der Waals surface area (Å²) in [4.78, 5) is 26.0. The summed E-state index contributed by atoms with van der Waals surface area (Å²) in [6.07, 6.45) is 1.54. The number of esters is 1. The van der Waals surface area contributed by atoms with Crippen molar-refractivity contribution in [1.82, 2.24) is 4.90 Å². The number of ether oxygens (including phenoxy) is 2. The summed E-state index contributed by atoms with van der Waals surface area (Å²) in [6, 6.07) is 0. The topological polar surface area (TPSA) is 55.8 Å². The predicted octanol–water partition coefficient (Wildman–Crippen LogP) is 1.99. The van der Waals surface area contributed by atoms with Crippen LogP contribution in [0.25, 0.3) is 0 Å². The molecule has 0 aromatic rings. The van der Waals surface area contributed by atoms with E-state index >= 15 is 0 Å². The summed E-state index contributed by atoms with van der Waals surface area (Å²) < 4.78 is 10.4. The van der Waals surface area contributed by atoms with Gasteiger partial charge in [-0.05, 0) is 47.5 Å². The molecule has 0 aromatic heterocycles. The van der Waals surface area contributed by atoms with Gasteiger partial charge in [-0.15, -0.1) is 0 Å². The molecule has 0 radical (unpaired) electrons. The normalized spacial score (nSPS) is 23.2. The maximum absolute atomic E-state index is 12.7. The van der Waals surface area contributed by atoms with Gasteiger partial charge in [-0.1, -0.05) is 0 Å². The van der Waals surface area contributed by atoms with Gasteiger partial charge in [0.05, 0.1) is 12.7 Å². The fourth-order valence-electron chi connectivity index (χ4n) is 2.42. The molecule has 2 atom stereocenters. The molecule has 20 heavy (non-hydrogen) atoms. The first kappa shape index (κ1) is 17.0. The maximum atomic E-state index is 12.7. The second kappa shape index (κ2) is 7.07. The Kier molecular flexibility index (Phi) is 5.99. The molecule has 0 N–H and O–H groups in total. The molecule has 1 saturated heterocycles. The molecule has 1 amide bonds. The second-order valence-corrected chi connectivity index (χ2v) is 6.30. The Labute approximate surface area is 121 Å². The van der Waals surface area contributed by atoms with Crippen LogP contribution >= 0.6 is 0 Å². The van der Waals surface area contributed by atoms with Crippen LogP contribution in [0.1, 0.15) is 47.5 Å². The molecule has 1 heterocycles. The van der Waals surface area contributed by atoms with E-state index in [9.17, 15) is 9.59 Å². The Hall–Kier alpha value is -1.10. The van der Waals surface area contributed by atoms with Gasteiger partial charge in [0.25, 0.3) is 0 Å². The van der Waals surface area contributed by atoms with Crippen LogP contribution in [0.15, 0.2) is 0 Å². The highest BCUT2D eigenvalue weighted by Gasteiger charge is 2.35. The van der Waals surface area contributed by atoms with Gasteiger partial charge in [0, 0.05) is 18.1 Å². The highest BCUT2D eigenvalue weighted by Crippen LogP contribution is 2.25. The molecule has 0 bridgehead atoms. The van der Waals surface area contributed by atoms with E-state index in [2.05, 4.69) is 0 Å². The number of hydrogen-bond acceptors (Lipinski definition) is 4. The van der Waals surface area contributed by atoms with Crippen molar-refractivity contribution in [3.8, 4) is 0 Å². The highest BCUT2D eigenvalue weighted by atomic mass is 16.5. The van der Waals surface area contributed by atoms with Crippen molar-refractivity contribution < 1.29 is 19.1 Å². The lowest BCUT2D eigenvalue weighted by Crippen LogP contribution is -2.51. The van der Waals surface area contributed by atoms with Crippen molar-refractivity contribution in [3.05, 3.63) is 0 Å². The number of amides is 1. The summed E-state index contributed by atoms with van der Waals surface area (Å²) >= 11 is 0. The molecule has 1 fully saturated rings. The molecular weight excluding hydrogens is 258 g/mol. The van der Waals surface area contributed by atoms with E-state index in [1.807, 2.05) is 27.7 Å². The summed E-state index contributed by atoms with van der Waals surface area (Å²) in [5, 5.41) is 0. The molecule has 0 saturated carbocycles. The fourth-order valence-corrected chi connectivity index (χ4v) is 2.42. The van der Waals surface area contributed by atoms with Gasteiger partial charge in [-0.3, -0.25) is 9.59 Å². The Morgan fingerprint density at radius 2 is 2.00 bits per heavy atom. The van der Waals surface area contributed by atoms with E-state index in [4.69, 9.17) is 9.47 Å². The summed E-state index contributed by atoms with van der Waals surface area (Å²) in [7, 11) is 0. The molecule has 116 valence electrons. The van der Waals surface area contributed by atoms with Crippen molar-refractivity contribution in [1.29, 1.82) is 0 Å². The van der Waals surface area contributed by atoms with Crippen molar-refractivity contribution >= 4 is 11.9 Å². The standard InChI is InChI=1S/C15H27NO4/c1-6-19-13(17)10-16(15(3,4)5)14(18)12-7-8-20-11(2)9-12/h11-12H,6-10H2,1-5H3. The zero-order valence-electron chi connectivity index (χ0n) is 13.3. The minimum atomic E-state index is -0.397. The summed E-state index contributed by atoms with van der Waals surface area (Å²) in [5.74, 6) is -0.385. The number of carbonyl (C=O) groups excluding carboxylic acids is 2. The maximum Gasteiger partial charge on any atom is 0.325 e. The monoisotopic (exact) mass is 285 g/mol. The molecule has 5 nitrogen and oxygen atoms in total. The predicted molar refractivity (Wildman–Crippen MR) is 76.2 cm³/mol. The smallest absolute Gasteiger partial charge is 0.325 e. The van der Waals surface area contributed by atoms with E-state index in [0.717, 1.165) is 6.42 Å². The molecule has 1 aliphatic rings. The molecule has 1 aliphatic heterocycles. The molecular formula is C15H27NO4. The first-order valence-electron chi connectivity index (χ1n) is 7.34. The molecule has 2 unspecified atom stereocenters. The minimum Gasteiger partial charge on any atom is -0.465 e. The van der Waals surface area contributed by atoms with E-state index in [0.29, 0.717) is 19.6 Å². The molecule has 5 heteroatoms. The zero-order valence-corrected chi connectivity index (χ0v) is 13.3. The van der Waals surface area contributed by atoms with Gasteiger partial charge >= 0.3 is 5.97 Å². The third kappa shape index (κ3) is 4.78. The van der Waals surface area contributed by atoms with Crippen molar-refractivity contribution in [2.75, 3.05) is 19.8 Å². The average Bonchev–Trinajstić information content (AvgIpc) is 2.34. The SMILES string of the molecule is CCOC(=O)CN(C(=O)C1CCOC(C)C1)C(C)(C)C. The summed E-state index contributed by atoms with van der Waals surface area (Å²) in [5.41, 5.74) is -0.397. The van der Waals surface area contributed by atoms with Crippen LogP contribution in [0.2, 0.25) is 0 Å². The first-order valence-corrected chi connectivity index (χ1v) is 7.34. The Morgan fingerprint density at radius 1 is 1.35 bits per heavy atom. The van der Waals surface area contributed by atoms with Crippen molar-refractivity contribution in [3.63, 3.8) is 0 Å². The van der Waals surface area contributed by atoms with Gasteiger partial charge in [-0.25, -0.2) is 0 Å². The minimum absolute atomic E-state index is 0.0158. The van der Waals surface area contributed by atoms with Crippen LogP contribution in [0.5, 0.6) is 0 Å². The molecule has 0 spiro atoms. The third-order valence-electron chi connectivity index (χ3n) is 3.50. The van der Waals surface area contributed by atoms with E-state index in [-0.39, 0.29) is 30.4 Å². The highest BCUT2D eigenvalue weighted by molar-refractivity contribution is 5.84. The van der Waals surface area contributed by atoms with Crippen molar-refractivity contribution in [2.45, 2.75) is 59.1 Å². The van der Waals surface area contributed by atoms with Crippen LogP contribution < -0.4 is 0 Å². The molecule has 1 rings (SSSR count). The van der Waals surface area contributed by atoms with Crippen LogP contribution in [0.3, 0.4) is 0 Å². The Balaban J connectivity index is 2.77. The van der Waals surface area contributed by atoms with Gasteiger partial charge < -0.3 is 14.4 Å². The number of carbonyl (C=O) groups is 2. The fraction of sp³-hybridized carbons (Fsp3) is 0.867. The van der Waals surface area contributed by atoms with Gasteiger partial charge in [0.2, 0.25) is 5.91 Å². The van der Waals surface area contributed by atoms with Crippen LogP contribution in [-0.2, 0) is 19.1 Å². The van der Waals surface area contributed by atoms with Crippen LogP contribution in [0.4, 0.5) is 0 Å². The summed E-state index contributed by atoms with van der Waals surface area (Å²) in [6.45, 7) is 10.5. The third-order valence-corrected chi connectivity index (χ3v) is 3.50. The van der Waals surface area contributed by atoms with E-state index in [1.165, 1.54) is 0 Å². The van der Waals surface area contributed by atoms with E-state index in [1.54, 1.807) is 11.8 Å². The quantitative estimate of drug-likeness (QED) is 0.741.